The van der Waals surface area contributed by atoms with Gasteiger partial charge in [0.1, 0.15) is 23.9 Å². The average molecular weight is 550 g/mol. The minimum absolute atomic E-state index is 0.285. The van der Waals surface area contributed by atoms with Crippen LogP contribution in [0.5, 0.6) is 5.75 Å². The van der Waals surface area contributed by atoms with Crippen molar-refractivity contribution < 1.29 is 14.6 Å². The van der Waals surface area contributed by atoms with E-state index in [4.69, 9.17) is 32.9 Å². The number of aromatic nitrogens is 2. The third-order valence-electron chi connectivity index (χ3n) is 6.88. The molecule has 4 aromatic rings. The Morgan fingerprint density at radius 2 is 1.79 bits per heavy atom. The molecule has 2 atom stereocenters. The van der Waals surface area contributed by atoms with Gasteiger partial charge in [-0.1, -0.05) is 66.4 Å². The predicted molar refractivity (Wildman–Crippen MR) is 150 cm³/mol. The summed E-state index contributed by atoms with van der Waals surface area (Å²) >= 11 is 12.7. The molecular weight excluding hydrogens is 521 g/mol. The van der Waals surface area contributed by atoms with Gasteiger partial charge < -0.3 is 15.2 Å². The topological polar surface area (TPSA) is 76.4 Å². The summed E-state index contributed by atoms with van der Waals surface area (Å²) in [5.74, 6) is 0.934. The van der Waals surface area contributed by atoms with Crippen LogP contribution in [0, 0.1) is 6.92 Å². The molecule has 1 amide bonds. The first-order chi connectivity index (χ1) is 18.4. The van der Waals surface area contributed by atoms with Crippen molar-refractivity contribution >= 4 is 29.1 Å². The minimum Gasteiger partial charge on any atom is -0.489 e. The molecule has 38 heavy (non-hydrogen) atoms. The van der Waals surface area contributed by atoms with Gasteiger partial charge in [0.05, 0.1) is 22.9 Å². The molecule has 0 radical (unpaired) electrons. The molecule has 6 nitrogen and oxygen atoms in total. The van der Waals surface area contributed by atoms with E-state index in [1.165, 1.54) is 0 Å². The van der Waals surface area contributed by atoms with E-state index in [2.05, 4.69) is 5.32 Å². The predicted octanol–water partition coefficient (Wildman–Crippen LogP) is 6.77. The van der Waals surface area contributed by atoms with Crippen molar-refractivity contribution in [1.29, 1.82) is 0 Å². The number of hydrogen-bond acceptors (Lipinski definition) is 4. The first-order valence-corrected chi connectivity index (χ1v) is 13.5. The van der Waals surface area contributed by atoms with Gasteiger partial charge in [-0.25, -0.2) is 4.98 Å². The van der Waals surface area contributed by atoms with Crippen molar-refractivity contribution in [2.45, 2.75) is 51.4 Å². The maximum Gasteiger partial charge on any atom is 0.272 e. The van der Waals surface area contributed by atoms with Crippen molar-refractivity contribution in [3.63, 3.8) is 0 Å². The number of rotatable bonds is 7. The van der Waals surface area contributed by atoms with Crippen LogP contribution in [0.2, 0.25) is 10.0 Å². The summed E-state index contributed by atoms with van der Waals surface area (Å²) in [5, 5.41) is 14.3. The van der Waals surface area contributed by atoms with E-state index in [-0.39, 0.29) is 17.6 Å². The standard InChI is InChI=1S/C30H29Cl2N3O3/c1-19-28(30(37)33-26-9-5-6-10-27(26)36)34-29(24-16-11-21(31)17-25(24)32)35(19)22-12-14-23(15-13-22)38-18-20-7-3-2-4-8-20/h2-4,7-8,11-17,26-27,36H,5-6,9-10,18H2,1H3,(H,33,37)/t26-,27-/m0/s1. The number of carbonyl (C=O) groups excluding carboxylic acids is 1. The van der Waals surface area contributed by atoms with Crippen molar-refractivity contribution in [1.82, 2.24) is 14.9 Å². The number of benzene rings is 3. The van der Waals surface area contributed by atoms with Gasteiger partial charge in [-0.15, -0.1) is 0 Å². The lowest BCUT2D eigenvalue weighted by Gasteiger charge is -2.28. The molecule has 5 rings (SSSR count). The second-order valence-electron chi connectivity index (χ2n) is 9.53. The summed E-state index contributed by atoms with van der Waals surface area (Å²) in [5.41, 5.74) is 3.49. The van der Waals surface area contributed by atoms with E-state index in [9.17, 15) is 9.90 Å². The highest BCUT2D eigenvalue weighted by molar-refractivity contribution is 6.36. The van der Waals surface area contributed by atoms with Gasteiger partial charge in [-0.2, -0.15) is 0 Å². The monoisotopic (exact) mass is 549 g/mol. The molecule has 0 unspecified atom stereocenters. The third-order valence-corrected chi connectivity index (χ3v) is 7.43. The van der Waals surface area contributed by atoms with Crippen molar-refractivity contribution in [2.24, 2.45) is 0 Å². The molecule has 0 bridgehead atoms. The number of amides is 1. The fourth-order valence-corrected chi connectivity index (χ4v) is 5.33. The average Bonchev–Trinajstić information content (AvgIpc) is 3.26. The van der Waals surface area contributed by atoms with Crippen LogP contribution in [0.3, 0.4) is 0 Å². The Balaban J connectivity index is 1.48. The fourth-order valence-electron chi connectivity index (χ4n) is 4.83. The molecule has 0 saturated heterocycles. The summed E-state index contributed by atoms with van der Waals surface area (Å²) in [6, 6.07) is 22.5. The quantitative estimate of drug-likeness (QED) is 0.266. The van der Waals surface area contributed by atoms with E-state index in [0.717, 1.165) is 36.3 Å². The number of carbonyl (C=O) groups is 1. The summed E-state index contributed by atoms with van der Waals surface area (Å²) in [7, 11) is 0. The lowest BCUT2D eigenvalue weighted by molar-refractivity contribution is 0.0713. The van der Waals surface area contributed by atoms with Crippen LogP contribution in [-0.4, -0.2) is 32.7 Å². The van der Waals surface area contributed by atoms with Gasteiger partial charge >= 0.3 is 0 Å². The van der Waals surface area contributed by atoms with Crippen LogP contribution in [0.25, 0.3) is 17.1 Å². The molecule has 0 aliphatic heterocycles. The Kier molecular flexibility index (Phi) is 8.03. The summed E-state index contributed by atoms with van der Waals surface area (Å²) in [4.78, 5) is 18.1. The maximum absolute atomic E-state index is 13.3. The molecule has 3 aromatic carbocycles. The largest absolute Gasteiger partial charge is 0.489 e. The van der Waals surface area contributed by atoms with Crippen LogP contribution in [0.1, 0.15) is 47.4 Å². The summed E-state index contributed by atoms with van der Waals surface area (Å²) in [6.45, 7) is 2.32. The Labute approximate surface area is 232 Å². The third kappa shape index (κ3) is 5.73. The van der Waals surface area contributed by atoms with Crippen molar-refractivity contribution in [3.05, 3.63) is 99.8 Å². The van der Waals surface area contributed by atoms with Crippen LogP contribution in [-0.2, 0) is 6.61 Å². The molecule has 2 N–H and O–H groups in total. The minimum atomic E-state index is -0.552. The van der Waals surface area contributed by atoms with Gasteiger partial charge in [0.2, 0.25) is 0 Å². The second-order valence-corrected chi connectivity index (χ2v) is 10.4. The Morgan fingerprint density at radius 1 is 1.05 bits per heavy atom. The highest BCUT2D eigenvalue weighted by atomic mass is 35.5. The number of aliphatic hydroxyl groups is 1. The molecule has 1 aliphatic rings. The van der Waals surface area contributed by atoms with E-state index in [0.29, 0.717) is 40.2 Å². The van der Waals surface area contributed by atoms with Gasteiger partial charge in [-0.3, -0.25) is 9.36 Å². The van der Waals surface area contributed by atoms with E-state index < -0.39 is 6.10 Å². The second kappa shape index (κ2) is 11.6. The van der Waals surface area contributed by atoms with E-state index in [1.54, 1.807) is 18.2 Å². The Morgan fingerprint density at radius 3 is 2.50 bits per heavy atom. The molecule has 196 valence electrons. The first kappa shape index (κ1) is 26.3. The summed E-state index contributed by atoms with van der Waals surface area (Å²) < 4.78 is 7.85. The number of nitrogens with zero attached hydrogens (tertiary/aromatic N) is 2. The fraction of sp³-hybridized carbons (Fsp3) is 0.267. The molecule has 1 saturated carbocycles. The summed E-state index contributed by atoms with van der Waals surface area (Å²) in [6.07, 6.45) is 2.81. The van der Waals surface area contributed by atoms with Crippen LogP contribution in [0.4, 0.5) is 0 Å². The molecule has 0 spiro atoms. The van der Waals surface area contributed by atoms with Gasteiger partial charge in [-0.05, 0) is 67.8 Å². The molecule has 8 heteroatoms. The zero-order chi connectivity index (χ0) is 26.6. The number of ether oxygens (including phenoxy) is 1. The van der Waals surface area contributed by atoms with Gasteiger partial charge in [0.15, 0.2) is 0 Å². The molecule has 1 fully saturated rings. The SMILES string of the molecule is Cc1c(C(=O)N[C@H]2CCCC[C@@H]2O)nc(-c2ccc(Cl)cc2Cl)n1-c1ccc(OCc2ccccc2)cc1. The Bertz CT molecular complexity index is 1420. The van der Waals surface area contributed by atoms with E-state index >= 15 is 0 Å². The van der Waals surface area contributed by atoms with Crippen LogP contribution >= 0.6 is 23.2 Å². The van der Waals surface area contributed by atoms with E-state index in [1.807, 2.05) is 66.1 Å². The molecule has 1 aliphatic carbocycles. The molecule has 1 aromatic heterocycles. The molecular formula is C30H29Cl2N3O3. The van der Waals surface area contributed by atoms with Crippen LogP contribution in [0.15, 0.2) is 72.8 Å². The van der Waals surface area contributed by atoms with Crippen molar-refractivity contribution in [3.8, 4) is 22.8 Å². The smallest absolute Gasteiger partial charge is 0.272 e. The lowest BCUT2D eigenvalue weighted by Crippen LogP contribution is -2.45. The van der Waals surface area contributed by atoms with Gasteiger partial charge in [0.25, 0.3) is 5.91 Å². The van der Waals surface area contributed by atoms with Crippen LogP contribution < -0.4 is 10.1 Å². The highest BCUT2D eigenvalue weighted by Crippen LogP contribution is 2.34. The molecule has 1 heterocycles. The number of imidazole rings is 1. The normalized spacial score (nSPS) is 17.3. The lowest BCUT2D eigenvalue weighted by atomic mass is 9.92. The van der Waals surface area contributed by atoms with Gasteiger partial charge in [0, 0.05) is 16.3 Å². The number of nitrogens with one attached hydrogen (secondary N) is 1. The number of hydrogen-bond donors (Lipinski definition) is 2. The number of aliphatic hydroxyl groups excluding tert-OH is 1. The zero-order valence-electron chi connectivity index (χ0n) is 21.0. The Hall–Kier alpha value is -3.32. The number of halogens is 2. The van der Waals surface area contributed by atoms with Crippen molar-refractivity contribution in [2.75, 3.05) is 0 Å². The highest BCUT2D eigenvalue weighted by Gasteiger charge is 2.28. The first-order valence-electron chi connectivity index (χ1n) is 12.7. The zero-order valence-corrected chi connectivity index (χ0v) is 22.5. The maximum atomic E-state index is 13.3.